The topological polar surface area (TPSA) is 68.0 Å². The van der Waals surface area contributed by atoms with Gasteiger partial charge in [-0.1, -0.05) is 12.5 Å². The lowest BCUT2D eigenvalue weighted by atomic mass is 10.00. The largest absolute Gasteiger partial charge is 0.327 e. The lowest BCUT2D eigenvalue weighted by Crippen LogP contribution is -2.28. The number of hydrogen-bond acceptors (Lipinski definition) is 4. The highest BCUT2D eigenvalue weighted by Crippen LogP contribution is 2.28. The van der Waals surface area contributed by atoms with E-state index in [-0.39, 0.29) is 30.3 Å². The van der Waals surface area contributed by atoms with Gasteiger partial charge in [-0.2, -0.15) is 0 Å². The van der Waals surface area contributed by atoms with Gasteiger partial charge in [0.25, 0.3) is 0 Å². The molecule has 136 valence electrons. The molecule has 1 aromatic carbocycles. The minimum Gasteiger partial charge on any atom is -0.327 e. The van der Waals surface area contributed by atoms with Gasteiger partial charge in [0, 0.05) is 36.0 Å². The standard InChI is InChI=1S/C17H19F2N3OS.ClH/c18-12-5-4-10(14(19)8-12)6-13-9-21-17(24-13)22-16(23)7-11-2-1-3-15(11)20;/h4-5,8-9,11,15H,1-3,6-7,20H2,(H,21,22,23);1H/t11-,15+;/m0./s1. The summed E-state index contributed by atoms with van der Waals surface area (Å²) in [4.78, 5) is 17.0. The number of nitrogens with two attached hydrogens (primary N) is 1. The molecule has 0 radical (unpaired) electrons. The molecule has 2 aromatic rings. The van der Waals surface area contributed by atoms with Gasteiger partial charge < -0.3 is 11.1 Å². The zero-order valence-electron chi connectivity index (χ0n) is 13.5. The maximum atomic E-state index is 13.7. The summed E-state index contributed by atoms with van der Waals surface area (Å²) in [6.07, 6.45) is 5.36. The number of rotatable bonds is 5. The summed E-state index contributed by atoms with van der Waals surface area (Å²) in [6.45, 7) is 0. The van der Waals surface area contributed by atoms with Crippen LogP contribution in [-0.4, -0.2) is 16.9 Å². The molecule has 4 nitrogen and oxygen atoms in total. The first-order chi connectivity index (χ1) is 11.5. The Morgan fingerprint density at radius 2 is 2.16 bits per heavy atom. The predicted molar refractivity (Wildman–Crippen MR) is 97.1 cm³/mol. The molecule has 3 rings (SSSR count). The second-order valence-electron chi connectivity index (χ2n) is 6.15. The average molecular weight is 388 g/mol. The highest BCUT2D eigenvalue weighted by Gasteiger charge is 2.26. The van der Waals surface area contributed by atoms with E-state index < -0.39 is 11.6 Å². The molecule has 3 N–H and O–H groups in total. The lowest BCUT2D eigenvalue weighted by molar-refractivity contribution is -0.117. The predicted octanol–water partition coefficient (Wildman–Crippen LogP) is 3.89. The molecule has 8 heteroatoms. The van der Waals surface area contributed by atoms with Gasteiger partial charge >= 0.3 is 0 Å². The number of hydrogen-bond donors (Lipinski definition) is 2. The van der Waals surface area contributed by atoms with Crippen molar-refractivity contribution in [2.75, 3.05) is 5.32 Å². The van der Waals surface area contributed by atoms with Crippen molar-refractivity contribution in [3.8, 4) is 0 Å². The summed E-state index contributed by atoms with van der Waals surface area (Å²) in [5, 5.41) is 3.27. The van der Waals surface area contributed by atoms with Crippen LogP contribution in [0, 0.1) is 17.6 Å². The molecule has 0 unspecified atom stereocenters. The minimum absolute atomic E-state index is 0. The second kappa shape index (κ2) is 8.69. The summed E-state index contributed by atoms with van der Waals surface area (Å²) in [7, 11) is 0. The van der Waals surface area contributed by atoms with Crippen molar-refractivity contribution in [2.24, 2.45) is 11.7 Å². The normalized spacial score (nSPS) is 19.5. The summed E-state index contributed by atoms with van der Waals surface area (Å²) in [6, 6.07) is 3.62. The number of thiazole rings is 1. The van der Waals surface area contributed by atoms with Crippen LogP contribution in [0.1, 0.15) is 36.1 Å². The summed E-state index contributed by atoms with van der Waals surface area (Å²) < 4.78 is 26.6. The first kappa shape index (κ1) is 19.8. The zero-order valence-corrected chi connectivity index (χ0v) is 15.1. The third-order valence-corrected chi connectivity index (χ3v) is 5.26. The van der Waals surface area contributed by atoms with Crippen LogP contribution in [0.5, 0.6) is 0 Å². The summed E-state index contributed by atoms with van der Waals surface area (Å²) in [5.74, 6) is -1.04. The van der Waals surface area contributed by atoms with Crippen LogP contribution in [0.4, 0.5) is 13.9 Å². The zero-order chi connectivity index (χ0) is 17.1. The summed E-state index contributed by atoms with van der Waals surface area (Å²) >= 11 is 1.29. The second-order valence-corrected chi connectivity index (χ2v) is 7.27. The monoisotopic (exact) mass is 387 g/mol. The number of halogens is 3. The van der Waals surface area contributed by atoms with Crippen LogP contribution < -0.4 is 11.1 Å². The van der Waals surface area contributed by atoms with Crippen molar-refractivity contribution in [1.82, 2.24) is 4.98 Å². The minimum atomic E-state index is -0.598. The van der Waals surface area contributed by atoms with Gasteiger partial charge in [0.1, 0.15) is 11.6 Å². The molecule has 0 aliphatic heterocycles. The molecule has 1 fully saturated rings. The summed E-state index contributed by atoms with van der Waals surface area (Å²) in [5.41, 5.74) is 6.38. The molecule has 0 spiro atoms. The molecule has 1 aromatic heterocycles. The van der Waals surface area contributed by atoms with Crippen molar-refractivity contribution in [1.29, 1.82) is 0 Å². The molecule has 0 saturated heterocycles. The first-order valence-corrected chi connectivity index (χ1v) is 8.77. The fourth-order valence-corrected chi connectivity index (χ4v) is 3.88. The van der Waals surface area contributed by atoms with Crippen molar-refractivity contribution in [3.63, 3.8) is 0 Å². The van der Waals surface area contributed by atoms with Gasteiger partial charge in [0.05, 0.1) is 0 Å². The number of anilines is 1. The van der Waals surface area contributed by atoms with E-state index in [0.717, 1.165) is 30.2 Å². The molecule has 25 heavy (non-hydrogen) atoms. The first-order valence-electron chi connectivity index (χ1n) is 7.95. The number of carbonyl (C=O) groups is 1. The van der Waals surface area contributed by atoms with Crippen LogP contribution in [0.2, 0.25) is 0 Å². The third-order valence-electron chi connectivity index (χ3n) is 4.35. The molecule has 1 heterocycles. The van der Waals surface area contributed by atoms with Crippen LogP contribution in [0.3, 0.4) is 0 Å². The van der Waals surface area contributed by atoms with E-state index in [1.165, 1.54) is 23.5 Å². The Morgan fingerprint density at radius 3 is 2.84 bits per heavy atom. The Bertz CT molecular complexity index is 740. The number of carbonyl (C=O) groups excluding carboxylic acids is 1. The van der Waals surface area contributed by atoms with Crippen LogP contribution in [-0.2, 0) is 11.2 Å². The van der Waals surface area contributed by atoms with Crippen LogP contribution in [0.25, 0.3) is 0 Å². The SMILES string of the molecule is Cl.N[C@@H]1CCC[C@H]1CC(=O)Nc1ncc(Cc2ccc(F)cc2F)s1. The van der Waals surface area contributed by atoms with Gasteiger partial charge in [0.15, 0.2) is 5.13 Å². The Hall–Kier alpha value is -1.57. The molecule has 2 atom stereocenters. The maximum absolute atomic E-state index is 13.7. The molecule has 1 saturated carbocycles. The van der Waals surface area contributed by atoms with E-state index in [0.29, 0.717) is 23.5 Å². The van der Waals surface area contributed by atoms with Crippen molar-refractivity contribution < 1.29 is 13.6 Å². The average Bonchev–Trinajstić information content (AvgIpc) is 3.12. The third kappa shape index (κ3) is 5.20. The Morgan fingerprint density at radius 1 is 1.36 bits per heavy atom. The number of benzene rings is 1. The van der Waals surface area contributed by atoms with Crippen LogP contribution >= 0.6 is 23.7 Å². The Balaban J connectivity index is 0.00000225. The van der Waals surface area contributed by atoms with Crippen LogP contribution in [0.15, 0.2) is 24.4 Å². The number of nitrogens with zero attached hydrogens (tertiary/aromatic N) is 1. The molecule has 1 amide bonds. The molecular weight excluding hydrogens is 368 g/mol. The highest BCUT2D eigenvalue weighted by atomic mass is 35.5. The van der Waals surface area contributed by atoms with Gasteiger partial charge in [0.2, 0.25) is 5.91 Å². The molecule has 1 aliphatic carbocycles. The van der Waals surface area contributed by atoms with Gasteiger partial charge in [-0.3, -0.25) is 4.79 Å². The molecular formula is C17H20ClF2N3OS. The maximum Gasteiger partial charge on any atom is 0.226 e. The van der Waals surface area contributed by atoms with E-state index in [1.807, 2.05) is 0 Å². The Kier molecular flexibility index (Phi) is 6.87. The number of aromatic nitrogens is 1. The molecule has 0 bridgehead atoms. The highest BCUT2D eigenvalue weighted by molar-refractivity contribution is 7.15. The van der Waals surface area contributed by atoms with E-state index in [2.05, 4.69) is 10.3 Å². The fourth-order valence-electron chi connectivity index (χ4n) is 3.03. The molecule has 1 aliphatic rings. The van der Waals surface area contributed by atoms with E-state index >= 15 is 0 Å². The van der Waals surface area contributed by atoms with E-state index in [1.54, 1.807) is 6.20 Å². The van der Waals surface area contributed by atoms with Gasteiger partial charge in [-0.15, -0.1) is 23.7 Å². The van der Waals surface area contributed by atoms with Crippen molar-refractivity contribution >= 4 is 34.8 Å². The van der Waals surface area contributed by atoms with Gasteiger partial charge in [-0.05, 0) is 30.4 Å². The fraction of sp³-hybridized carbons (Fsp3) is 0.412. The van der Waals surface area contributed by atoms with Crippen molar-refractivity contribution in [2.45, 2.75) is 38.1 Å². The van der Waals surface area contributed by atoms with Crippen molar-refractivity contribution in [3.05, 3.63) is 46.5 Å². The van der Waals surface area contributed by atoms with Gasteiger partial charge in [-0.25, -0.2) is 13.8 Å². The number of amides is 1. The quantitative estimate of drug-likeness (QED) is 0.817. The lowest BCUT2D eigenvalue weighted by Gasteiger charge is -2.13. The van der Waals surface area contributed by atoms with E-state index in [9.17, 15) is 13.6 Å². The Labute approximate surface area is 155 Å². The number of nitrogens with one attached hydrogen (secondary N) is 1. The smallest absolute Gasteiger partial charge is 0.226 e. The van der Waals surface area contributed by atoms with E-state index in [4.69, 9.17) is 5.73 Å².